The van der Waals surface area contributed by atoms with Crippen LogP contribution >= 0.6 is 0 Å². The molecule has 0 atom stereocenters. The van der Waals surface area contributed by atoms with Crippen molar-refractivity contribution in [2.75, 3.05) is 0 Å². The number of benzene rings is 2. The third kappa shape index (κ3) is 4.98. The highest BCUT2D eigenvalue weighted by molar-refractivity contribution is 5.93. The highest BCUT2D eigenvalue weighted by atomic mass is 16.6. The second-order valence-electron chi connectivity index (χ2n) is 5.75. The molecule has 0 spiro atoms. The molecule has 0 bridgehead atoms. The second kappa shape index (κ2) is 9.01. The number of hydrogen-bond acceptors (Lipinski definition) is 8. The summed E-state index contributed by atoms with van der Waals surface area (Å²) in [4.78, 5) is 36.3. The van der Waals surface area contributed by atoms with Gasteiger partial charge in [-0.05, 0) is 35.9 Å². The van der Waals surface area contributed by atoms with Crippen LogP contribution in [0.5, 0.6) is 11.5 Å². The number of hydrazone groups is 1. The van der Waals surface area contributed by atoms with Gasteiger partial charge in [-0.1, -0.05) is 18.2 Å². The van der Waals surface area contributed by atoms with Crippen LogP contribution in [0.25, 0.3) is 0 Å². The SMILES string of the molecule is O=C(N/N=C/c1cccc(Oc2ccc([N+](=O)[O-])cc2[N+](=O)[O-])c1)c1ccccn1. The molecule has 1 amide bonds. The van der Waals surface area contributed by atoms with Gasteiger partial charge in [-0.15, -0.1) is 0 Å². The molecule has 0 saturated heterocycles. The fourth-order valence-corrected chi connectivity index (χ4v) is 2.35. The van der Waals surface area contributed by atoms with Gasteiger partial charge in [0.1, 0.15) is 11.4 Å². The largest absolute Gasteiger partial charge is 0.450 e. The summed E-state index contributed by atoms with van der Waals surface area (Å²) in [5.74, 6) is -0.393. The third-order valence-corrected chi connectivity index (χ3v) is 3.71. The Bertz CT molecular complexity index is 1130. The van der Waals surface area contributed by atoms with Crippen molar-refractivity contribution >= 4 is 23.5 Å². The van der Waals surface area contributed by atoms with Crippen molar-refractivity contribution in [1.82, 2.24) is 10.4 Å². The minimum atomic E-state index is -0.763. The maximum Gasteiger partial charge on any atom is 0.318 e. The molecular formula is C19H13N5O6. The molecule has 3 aromatic rings. The number of carbonyl (C=O) groups excluding carboxylic acids is 1. The van der Waals surface area contributed by atoms with E-state index in [0.29, 0.717) is 5.56 Å². The number of pyridine rings is 1. The van der Waals surface area contributed by atoms with Crippen LogP contribution in [-0.2, 0) is 0 Å². The number of rotatable bonds is 7. The highest BCUT2D eigenvalue weighted by Gasteiger charge is 2.21. The molecule has 0 aliphatic carbocycles. The summed E-state index contributed by atoms with van der Waals surface area (Å²) in [5.41, 5.74) is 2.12. The van der Waals surface area contributed by atoms with E-state index in [9.17, 15) is 25.0 Å². The Kier molecular flexibility index (Phi) is 6.03. The van der Waals surface area contributed by atoms with Gasteiger partial charge in [-0.25, -0.2) is 5.43 Å². The zero-order valence-electron chi connectivity index (χ0n) is 15.2. The molecule has 30 heavy (non-hydrogen) atoms. The molecular weight excluding hydrogens is 394 g/mol. The molecule has 0 radical (unpaired) electrons. The first-order valence-electron chi connectivity index (χ1n) is 8.39. The third-order valence-electron chi connectivity index (χ3n) is 3.71. The maximum absolute atomic E-state index is 11.9. The van der Waals surface area contributed by atoms with Gasteiger partial charge in [0, 0.05) is 12.3 Å². The smallest absolute Gasteiger partial charge is 0.318 e. The quantitative estimate of drug-likeness (QED) is 0.358. The number of ether oxygens (including phenoxy) is 1. The summed E-state index contributed by atoms with van der Waals surface area (Å²) in [6, 6.07) is 14.4. The summed E-state index contributed by atoms with van der Waals surface area (Å²) in [5, 5.41) is 25.9. The van der Waals surface area contributed by atoms with Crippen molar-refractivity contribution in [3.63, 3.8) is 0 Å². The number of nitro benzene ring substituents is 2. The number of aromatic nitrogens is 1. The first-order chi connectivity index (χ1) is 14.4. The molecule has 0 fully saturated rings. The molecule has 11 heteroatoms. The molecule has 0 saturated carbocycles. The van der Waals surface area contributed by atoms with Crippen molar-refractivity contribution in [2.24, 2.45) is 5.10 Å². The summed E-state index contributed by atoms with van der Waals surface area (Å²) >= 11 is 0. The molecule has 3 rings (SSSR count). The van der Waals surface area contributed by atoms with Crippen molar-refractivity contribution in [2.45, 2.75) is 0 Å². The highest BCUT2D eigenvalue weighted by Crippen LogP contribution is 2.34. The summed E-state index contributed by atoms with van der Waals surface area (Å²) in [6.07, 6.45) is 2.84. The van der Waals surface area contributed by atoms with Gasteiger partial charge >= 0.3 is 5.69 Å². The predicted octanol–water partition coefficient (Wildman–Crippen LogP) is 3.45. The Labute approximate surface area is 168 Å². The van der Waals surface area contributed by atoms with Crippen LogP contribution < -0.4 is 10.2 Å². The molecule has 1 aromatic heterocycles. The van der Waals surface area contributed by atoms with E-state index in [4.69, 9.17) is 4.74 Å². The van der Waals surface area contributed by atoms with E-state index in [1.807, 2.05) is 0 Å². The Balaban J connectivity index is 1.74. The van der Waals surface area contributed by atoms with E-state index >= 15 is 0 Å². The van der Waals surface area contributed by atoms with E-state index in [0.717, 1.165) is 18.2 Å². The normalized spacial score (nSPS) is 10.5. The van der Waals surface area contributed by atoms with Gasteiger partial charge in [0.15, 0.2) is 0 Å². The van der Waals surface area contributed by atoms with Crippen molar-refractivity contribution < 1.29 is 19.4 Å². The zero-order valence-corrected chi connectivity index (χ0v) is 15.2. The Morgan fingerprint density at radius 2 is 1.87 bits per heavy atom. The minimum absolute atomic E-state index is 0.150. The minimum Gasteiger partial charge on any atom is -0.450 e. The van der Waals surface area contributed by atoms with Crippen molar-refractivity contribution in [3.05, 3.63) is 98.3 Å². The van der Waals surface area contributed by atoms with Gasteiger partial charge in [-0.3, -0.25) is 30.0 Å². The fourth-order valence-electron chi connectivity index (χ4n) is 2.35. The Hall–Kier alpha value is -4.67. The molecule has 0 aliphatic rings. The van der Waals surface area contributed by atoms with E-state index in [1.54, 1.807) is 30.3 Å². The summed E-state index contributed by atoms with van der Waals surface area (Å²) in [6.45, 7) is 0. The van der Waals surface area contributed by atoms with Crippen LogP contribution in [0.15, 0.2) is 72.0 Å². The second-order valence-corrected chi connectivity index (χ2v) is 5.75. The lowest BCUT2D eigenvalue weighted by Crippen LogP contribution is -2.18. The Morgan fingerprint density at radius 3 is 2.57 bits per heavy atom. The first kappa shape index (κ1) is 20.1. The van der Waals surface area contributed by atoms with Crippen LogP contribution in [0.3, 0.4) is 0 Å². The first-order valence-corrected chi connectivity index (χ1v) is 8.39. The maximum atomic E-state index is 11.9. The van der Waals surface area contributed by atoms with Crippen LogP contribution in [0, 0.1) is 20.2 Å². The van der Waals surface area contributed by atoms with E-state index in [-0.39, 0.29) is 17.2 Å². The van der Waals surface area contributed by atoms with Gasteiger partial charge in [0.2, 0.25) is 5.75 Å². The molecule has 0 unspecified atom stereocenters. The number of nitrogens with zero attached hydrogens (tertiary/aromatic N) is 4. The van der Waals surface area contributed by atoms with E-state index in [2.05, 4.69) is 15.5 Å². The average Bonchev–Trinajstić information content (AvgIpc) is 2.74. The van der Waals surface area contributed by atoms with Crippen molar-refractivity contribution in [3.8, 4) is 11.5 Å². The lowest BCUT2D eigenvalue weighted by molar-refractivity contribution is -0.394. The van der Waals surface area contributed by atoms with Gasteiger partial charge in [0.05, 0.1) is 22.1 Å². The number of hydrogen-bond donors (Lipinski definition) is 1. The van der Waals surface area contributed by atoms with E-state index in [1.165, 1.54) is 24.5 Å². The monoisotopic (exact) mass is 407 g/mol. The Morgan fingerprint density at radius 1 is 1.03 bits per heavy atom. The molecule has 0 aliphatic heterocycles. The molecule has 2 aromatic carbocycles. The number of amides is 1. The standard InChI is InChI=1S/C19H13N5O6/c25-19(16-6-1-2-9-20-16)22-21-12-13-4-3-5-15(10-13)30-18-8-7-14(23(26)27)11-17(18)24(28)29/h1-12H,(H,22,25)/b21-12+. The lowest BCUT2D eigenvalue weighted by Gasteiger charge is -2.07. The molecule has 1 N–H and O–H groups in total. The lowest BCUT2D eigenvalue weighted by atomic mass is 10.2. The number of non-ortho nitro benzene ring substituents is 1. The fraction of sp³-hybridized carbons (Fsp3) is 0. The summed E-state index contributed by atoms with van der Waals surface area (Å²) < 4.78 is 5.52. The van der Waals surface area contributed by atoms with Crippen molar-refractivity contribution in [1.29, 1.82) is 0 Å². The number of nitrogens with one attached hydrogen (secondary N) is 1. The van der Waals surface area contributed by atoms with Gasteiger partial charge < -0.3 is 4.74 Å². The molecule has 11 nitrogen and oxygen atoms in total. The zero-order chi connectivity index (χ0) is 21.5. The van der Waals surface area contributed by atoms with Crippen LogP contribution in [0.4, 0.5) is 11.4 Å². The predicted molar refractivity (Wildman–Crippen MR) is 106 cm³/mol. The molecule has 150 valence electrons. The van der Waals surface area contributed by atoms with Crippen LogP contribution in [0.1, 0.15) is 16.1 Å². The topological polar surface area (TPSA) is 150 Å². The average molecular weight is 407 g/mol. The number of carbonyl (C=O) groups is 1. The van der Waals surface area contributed by atoms with Gasteiger partial charge in [0.25, 0.3) is 11.6 Å². The summed E-state index contributed by atoms with van der Waals surface area (Å²) in [7, 11) is 0. The van der Waals surface area contributed by atoms with Gasteiger partial charge in [-0.2, -0.15) is 5.10 Å². The van der Waals surface area contributed by atoms with Crippen LogP contribution in [-0.4, -0.2) is 27.0 Å². The van der Waals surface area contributed by atoms with E-state index < -0.39 is 27.1 Å². The van der Waals surface area contributed by atoms with Crippen LogP contribution in [0.2, 0.25) is 0 Å². The number of nitro groups is 2. The molecule has 1 heterocycles.